The van der Waals surface area contributed by atoms with Crippen LogP contribution in [0.4, 0.5) is 0 Å². The highest BCUT2D eigenvalue weighted by atomic mass is 35.5. The number of hydrogen-bond acceptors (Lipinski definition) is 6. The van der Waals surface area contributed by atoms with E-state index in [0.29, 0.717) is 24.6 Å². The van der Waals surface area contributed by atoms with Crippen molar-refractivity contribution in [2.24, 2.45) is 0 Å². The summed E-state index contributed by atoms with van der Waals surface area (Å²) < 4.78 is 5.35. The molecule has 0 radical (unpaired) electrons. The van der Waals surface area contributed by atoms with Gasteiger partial charge in [-0.05, 0) is 29.1 Å². The van der Waals surface area contributed by atoms with E-state index in [0.717, 1.165) is 21.3 Å². The standard InChI is InChI=1S/C17H12ClN3OS2/c18-12-5-3-11(4-6-12)8-15-20-16(22-21-15)9-17-19-13(10-24-17)14-2-1-7-23-14/h1-7,10H,8-9H2. The smallest absolute Gasteiger partial charge is 0.233 e. The summed E-state index contributed by atoms with van der Waals surface area (Å²) in [6.45, 7) is 0. The summed E-state index contributed by atoms with van der Waals surface area (Å²) in [6.07, 6.45) is 1.18. The van der Waals surface area contributed by atoms with Gasteiger partial charge in [0.15, 0.2) is 5.82 Å². The van der Waals surface area contributed by atoms with Gasteiger partial charge in [0.05, 0.1) is 17.0 Å². The van der Waals surface area contributed by atoms with Gasteiger partial charge in [-0.3, -0.25) is 0 Å². The zero-order valence-corrected chi connectivity index (χ0v) is 14.9. The molecule has 4 aromatic rings. The number of aromatic nitrogens is 3. The molecule has 0 unspecified atom stereocenters. The number of halogens is 1. The summed E-state index contributed by atoms with van der Waals surface area (Å²) >= 11 is 9.19. The van der Waals surface area contributed by atoms with Gasteiger partial charge in [0, 0.05) is 16.8 Å². The molecule has 0 N–H and O–H groups in total. The van der Waals surface area contributed by atoms with E-state index in [2.05, 4.69) is 32.0 Å². The molecular formula is C17H12ClN3OS2. The first-order valence-electron chi connectivity index (χ1n) is 7.30. The second-order valence-corrected chi connectivity index (χ2v) is 7.51. The number of thiophene rings is 1. The minimum absolute atomic E-state index is 0.559. The first-order valence-corrected chi connectivity index (χ1v) is 9.44. The van der Waals surface area contributed by atoms with Crippen LogP contribution in [0, 0.1) is 0 Å². The molecule has 1 aromatic carbocycles. The Kier molecular flexibility index (Phi) is 4.42. The SMILES string of the molecule is Clc1ccc(Cc2noc(Cc3nc(-c4cccs4)cs3)n2)cc1. The second kappa shape index (κ2) is 6.84. The average Bonchev–Trinajstić information content (AvgIpc) is 3.32. The zero-order valence-electron chi connectivity index (χ0n) is 12.5. The molecule has 0 atom stereocenters. The molecule has 0 aliphatic rings. The van der Waals surface area contributed by atoms with Crippen molar-refractivity contribution in [1.82, 2.24) is 15.1 Å². The quantitative estimate of drug-likeness (QED) is 0.489. The van der Waals surface area contributed by atoms with Gasteiger partial charge in [-0.25, -0.2) is 4.98 Å². The third-order valence-corrected chi connectivity index (χ3v) is 5.41. The molecule has 4 nitrogen and oxygen atoms in total. The van der Waals surface area contributed by atoms with E-state index in [9.17, 15) is 0 Å². The van der Waals surface area contributed by atoms with Crippen molar-refractivity contribution >= 4 is 34.3 Å². The van der Waals surface area contributed by atoms with Crippen LogP contribution in [-0.2, 0) is 12.8 Å². The maximum atomic E-state index is 5.89. The largest absolute Gasteiger partial charge is 0.339 e. The summed E-state index contributed by atoms with van der Waals surface area (Å²) in [5.41, 5.74) is 2.10. The lowest BCUT2D eigenvalue weighted by Crippen LogP contribution is -1.92. The molecule has 0 spiro atoms. The number of thiazole rings is 1. The molecule has 0 aliphatic heterocycles. The van der Waals surface area contributed by atoms with E-state index in [1.165, 1.54) is 4.88 Å². The molecule has 4 rings (SSSR count). The lowest BCUT2D eigenvalue weighted by molar-refractivity contribution is 0.380. The predicted octanol–water partition coefficient (Wildman–Crippen LogP) is 5.09. The van der Waals surface area contributed by atoms with Crippen LogP contribution in [0.5, 0.6) is 0 Å². The fraction of sp³-hybridized carbons (Fsp3) is 0.118. The van der Waals surface area contributed by atoms with Crippen molar-refractivity contribution < 1.29 is 4.52 Å². The third kappa shape index (κ3) is 3.56. The number of nitrogens with zero attached hydrogens (tertiary/aromatic N) is 3. The number of benzene rings is 1. The molecule has 0 bridgehead atoms. The van der Waals surface area contributed by atoms with Gasteiger partial charge in [0.25, 0.3) is 0 Å². The van der Waals surface area contributed by atoms with Gasteiger partial charge in [-0.15, -0.1) is 22.7 Å². The van der Waals surface area contributed by atoms with Crippen LogP contribution in [0.25, 0.3) is 10.6 Å². The molecule has 120 valence electrons. The Balaban J connectivity index is 1.44. The molecule has 0 saturated heterocycles. The van der Waals surface area contributed by atoms with E-state index in [-0.39, 0.29) is 0 Å². The van der Waals surface area contributed by atoms with Gasteiger partial charge in [-0.2, -0.15) is 4.98 Å². The zero-order chi connectivity index (χ0) is 16.4. The van der Waals surface area contributed by atoms with Crippen molar-refractivity contribution in [3.8, 4) is 10.6 Å². The Hall–Kier alpha value is -2.02. The Morgan fingerprint density at radius 3 is 2.67 bits per heavy atom. The molecule has 7 heteroatoms. The summed E-state index contributed by atoms with van der Waals surface area (Å²) in [4.78, 5) is 10.3. The van der Waals surface area contributed by atoms with Crippen LogP contribution < -0.4 is 0 Å². The molecule has 24 heavy (non-hydrogen) atoms. The lowest BCUT2D eigenvalue weighted by atomic mass is 10.1. The van der Waals surface area contributed by atoms with Crippen LogP contribution in [0.3, 0.4) is 0 Å². The molecule has 0 fully saturated rings. The van der Waals surface area contributed by atoms with Gasteiger partial charge in [-0.1, -0.05) is 35.0 Å². The van der Waals surface area contributed by atoms with Crippen molar-refractivity contribution in [2.45, 2.75) is 12.8 Å². The van der Waals surface area contributed by atoms with Crippen LogP contribution >= 0.6 is 34.3 Å². The van der Waals surface area contributed by atoms with Crippen LogP contribution in [0.2, 0.25) is 5.02 Å². The number of hydrogen-bond donors (Lipinski definition) is 0. The fourth-order valence-electron chi connectivity index (χ4n) is 2.28. The highest BCUT2D eigenvalue weighted by Gasteiger charge is 2.11. The van der Waals surface area contributed by atoms with Crippen LogP contribution in [0.15, 0.2) is 51.7 Å². The lowest BCUT2D eigenvalue weighted by Gasteiger charge is -1.96. The second-order valence-electron chi connectivity index (χ2n) is 5.19. The highest BCUT2D eigenvalue weighted by Crippen LogP contribution is 2.26. The average molecular weight is 374 g/mol. The van der Waals surface area contributed by atoms with Crippen LogP contribution in [-0.4, -0.2) is 15.1 Å². The van der Waals surface area contributed by atoms with Crippen molar-refractivity contribution in [3.63, 3.8) is 0 Å². The Bertz CT molecular complexity index is 929. The van der Waals surface area contributed by atoms with Gasteiger partial charge < -0.3 is 4.52 Å². The highest BCUT2D eigenvalue weighted by molar-refractivity contribution is 7.14. The van der Waals surface area contributed by atoms with Gasteiger partial charge in [0.2, 0.25) is 5.89 Å². The van der Waals surface area contributed by atoms with Crippen LogP contribution in [0.1, 0.15) is 22.3 Å². The minimum atomic E-state index is 0.559. The molecule has 0 saturated carbocycles. The van der Waals surface area contributed by atoms with Crippen molar-refractivity contribution in [2.75, 3.05) is 0 Å². The topological polar surface area (TPSA) is 51.8 Å². The molecule has 0 aliphatic carbocycles. The Labute approximate surface area is 151 Å². The van der Waals surface area contributed by atoms with E-state index >= 15 is 0 Å². The van der Waals surface area contributed by atoms with Crippen molar-refractivity contribution in [1.29, 1.82) is 0 Å². The summed E-state index contributed by atoms with van der Waals surface area (Å²) in [7, 11) is 0. The minimum Gasteiger partial charge on any atom is -0.339 e. The summed E-state index contributed by atoms with van der Waals surface area (Å²) in [6, 6.07) is 11.7. The first kappa shape index (κ1) is 15.5. The summed E-state index contributed by atoms with van der Waals surface area (Å²) in [5, 5.41) is 9.85. The fourth-order valence-corrected chi connectivity index (χ4v) is 3.95. The molecule has 0 amide bonds. The Morgan fingerprint density at radius 1 is 1.00 bits per heavy atom. The van der Waals surface area contributed by atoms with Gasteiger partial charge >= 0.3 is 0 Å². The van der Waals surface area contributed by atoms with Crippen molar-refractivity contribution in [3.05, 3.63) is 74.5 Å². The van der Waals surface area contributed by atoms with E-state index < -0.39 is 0 Å². The van der Waals surface area contributed by atoms with E-state index in [1.807, 2.05) is 30.3 Å². The molecule has 3 aromatic heterocycles. The van der Waals surface area contributed by atoms with Gasteiger partial charge in [0.1, 0.15) is 5.01 Å². The first-order chi connectivity index (χ1) is 11.8. The number of rotatable bonds is 5. The van der Waals surface area contributed by atoms with E-state index in [4.69, 9.17) is 16.1 Å². The normalized spacial score (nSPS) is 11.0. The molecular weight excluding hydrogens is 362 g/mol. The maximum absolute atomic E-state index is 5.89. The Morgan fingerprint density at radius 2 is 1.88 bits per heavy atom. The predicted molar refractivity (Wildman–Crippen MR) is 96.8 cm³/mol. The molecule has 3 heterocycles. The maximum Gasteiger partial charge on any atom is 0.233 e. The monoisotopic (exact) mass is 373 g/mol. The third-order valence-electron chi connectivity index (χ3n) is 3.41. The summed E-state index contributed by atoms with van der Waals surface area (Å²) in [5.74, 6) is 1.26. The van der Waals surface area contributed by atoms with E-state index in [1.54, 1.807) is 22.7 Å².